The van der Waals surface area contributed by atoms with Crippen molar-refractivity contribution in [2.75, 3.05) is 11.9 Å². The van der Waals surface area contributed by atoms with Crippen LogP contribution in [0.2, 0.25) is 0 Å². The molecule has 1 atom stereocenters. The van der Waals surface area contributed by atoms with Crippen molar-refractivity contribution in [1.82, 2.24) is 14.3 Å². The number of rotatable bonds is 6. The Hall–Kier alpha value is -2.19. The highest BCUT2D eigenvalue weighted by Crippen LogP contribution is 2.34. The summed E-state index contributed by atoms with van der Waals surface area (Å²) in [7, 11) is 0. The topological polar surface area (TPSA) is 66.7 Å². The number of fused-ring (bicyclic) bond motifs is 1. The van der Waals surface area contributed by atoms with E-state index in [2.05, 4.69) is 10.3 Å². The van der Waals surface area contributed by atoms with Crippen molar-refractivity contribution in [3.63, 3.8) is 0 Å². The normalized spacial score (nSPS) is 17.0. The summed E-state index contributed by atoms with van der Waals surface area (Å²) in [5.41, 5.74) is 1.69. The molecule has 1 N–H and O–H groups in total. The van der Waals surface area contributed by atoms with Gasteiger partial charge in [0.1, 0.15) is 15.8 Å². The van der Waals surface area contributed by atoms with Gasteiger partial charge in [0.25, 0.3) is 11.5 Å². The van der Waals surface area contributed by atoms with Crippen LogP contribution >= 0.6 is 24.0 Å². The van der Waals surface area contributed by atoms with E-state index in [-0.39, 0.29) is 17.5 Å². The molecule has 2 aromatic rings. The summed E-state index contributed by atoms with van der Waals surface area (Å²) in [5, 5.41) is 3.22. The van der Waals surface area contributed by atoms with Gasteiger partial charge < -0.3 is 5.32 Å². The van der Waals surface area contributed by atoms with Crippen molar-refractivity contribution < 1.29 is 4.79 Å². The van der Waals surface area contributed by atoms with Gasteiger partial charge in [0.2, 0.25) is 0 Å². The minimum absolute atomic E-state index is 0.0227. The molecule has 6 nitrogen and oxygen atoms in total. The molecule has 0 bridgehead atoms. The van der Waals surface area contributed by atoms with Crippen LogP contribution in [0.5, 0.6) is 0 Å². The number of hydrogen-bond acceptors (Lipinski definition) is 6. The molecule has 0 unspecified atom stereocenters. The molecule has 0 aromatic carbocycles. The van der Waals surface area contributed by atoms with Gasteiger partial charge in [-0.15, -0.1) is 0 Å². The van der Waals surface area contributed by atoms with Crippen LogP contribution in [0.3, 0.4) is 0 Å². The maximum Gasteiger partial charge on any atom is 0.267 e. The lowest BCUT2D eigenvalue weighted by Crippen LogP contribution is -2.36. The highest BCUT2D eigenvalue weighted by atomic mass is 32.2. The van der Waals surface area contributed by atoms with Crippen LogP contribution in [0, 0.1) is 6.92 Å². The summed E-state index contributed by atoms with van der Waals surface area (Å²) >= 11 is 6.63. The Morgan fingerprint density at radius 3 is 2.75 bits per heavy atom. The first-order valence-corrected chi connectivity index (χ1v) is 10.6. The number of carbonyl (C=O) groups is 1. The fraction of sp³-hybridized carbons (Fsp3) is 0.400. The van der Waals surface area contributed by atoms with Crippen LogP contribution in [0.15, 0.2) is 28.0 Å². The minimum Gasteiger partial charge on any atom is -0.369 e. The van der Waals surface area contributed by atoms with Crippen LogP contribution < -0.4 is 10.9 Å². The van der Waals surface area contributed by atoms with E-state index in [0.717, 1.165) is 18.4 Å². The third-order valence-corrected chi connectivity index (χ3v) is 6.01. The smallest absolute Gasteiger partial charge is 0.267 e. The van der Waals surface area contributed by atoms with E-state index in [1.54, 1.807) is 17.2 Å². The summed E-state index contributed by atoms with van der Waals surface area (Å²) in [6.45, 7) is 8.63. The van der Waals surface area contributed by atoms with Crippen LogP contribution in [0.25, 0.3) is 11.7 Å². The summed E-state index contributed by atoms with van der Waals surface area (Å²) in [6, 6.07) is 3.76. The van der Waals surface area contributed by atoms with E-state index in [4.69, 9.17) is 12.2 Å². The van der Waals surface area contributed by atoms with Crippen molar-refractivity contribution in [2.24, 2.45) is 0 Å². The van der Waals surface area contributed by atoms with Gasteiger partial charge >= 0.3 is 0 Å². The van der Waals surface area contributed by atoms with Gasteiger partial charge in [0.05, 0.1) is 10.5 Å². The highest BCUT2D eigenvalue weighted by Gasteiger charge is 2.35. The van der Waals surface area contributed by atoms with Crippen molar-refractivity contribution in [1.29, 1.82) is 0 Å². The molecule has 1 fully saturated rings. The number of amides is 1. The average Bonchev–Trinajstić information content (AvgIpc) is 2.95. The quantitative estimate of drug-likeness (QED) is 0.570. The summed E-state index contributed by atoms with van der Waals surface area (Å²) in [5.74, 6) is 0.337. The first-order chi connectivity index (χ1) is 13.4. The number of carbonyl (C=O) groups excluding carboxylic acids is 1. The predicted molar refractivity (Wildman–Crippen MR) is 120 cm³/mol. The fourth-order valence-corrected chi connectivity index (χ4v) is 4.38. The molecule has 0 aliphatic carbocycles. The Kier molecular flexibility index (Phi) is 6.20. The van der Waals surface area contributed by atoms with Gasteiger partial charge in [-0.05, 0) is 44.4 Å². The molecule has 1 amide bonds. The number of nitrogens with one attached hydrogen (secondary N) is 1. The number of thioether (sulfide) groups is 1. The third-order valence-electron chi connectivity index (χ3n) is 4.68. The molecule has 0 saturated carbocycles. The largest absolute Gasteiger partial charge is 0.369 e. The first kappa shape index (κ1) is 20.5. The molecule has 0 spiro atoms. The molecule has 1 aliphatic rings. The highest BCUT2D eigenvalue weighted by molar-refractivity contribution is 8.26. The minimum atomic E-state index is -0.207. The number of pyridine rings is 1. The van der Waals surface area contributed by atoms with E-state index in [9.17, 15) is 9.59 Å². The second-order valence-electron chi connectivity index (χ2n) is 6.85. The van der Waals surface area contributed by atoms with E-state index in [1.807, 2.05) is 39.8 Å². The van der Waals surface area contributed by atoms with Crippen LogP contribution in [0.1, 0.15) is 44.7 Å². The molecule has 2 aromatic heterocycles. The maximum atomic E-state index is 13.2. The predicted octanol–water partition coefficient (Wildman–Crippen LogP) is 3.82. The molecule has 8 heteroatoms. The van der Waals surface area contributed by atoms with Crippen molar-refractivity contribution in [3.05, 3.63) is 44.7 Å². The summed E-state index contributed by atoms with van der Waals surface area (Å²) in [4.78, 5) is 32.8. The van der Waals surface area contributed by atoms with Crippen LogP contribution in [-0.4, -0.2) is 37.1 Å². The van der Waals surface area contributed by atoms with Crippen molar-refractivity contribution in [2.45, 2.75) is 46.6 Å². The lowest BCUT2D eigenvalue weighted by molar-refractivity contribution is -0.123. The van der Waals surface area contributed by atoms with Gasteiger partial charge in [-0.2, -0.15) is 0 Å². The Bertz CT molecular complexity index is 1030. The summed E-state index contributed by atoms with van der Waals surface area (Å²) < 4.78 is 2.05. The Morgan fingerprint density at radius 2 is 2.07 bits per heavy atom. The number of anilines is 1. The van der Waals surface area contributed by atoms with E-state index in [1.165, 1.54) is 16.2 Å². The molecular formula is C20H24N4O2S2. The number of nitrogens with zero attached hydrogens (tertiary/aromatic N) is 3. The zero-order valence-electron chi connectivity index (χ0n) is 16.5. The molecular weight excluding hydrogens is 392 g/mol. The van der Waals surface area contributed by atoms with Gasteiger partial charge in [0, 0.05) is 18.8 Å². The molecule has 1 saturated heterocycles. The average molecular weight is 417 g/mol. The monoisotopic (exact) mass is 416 g/mol. The molecule has 148 valence electrons. The molecule has 0 radical (unpaired) electrons. The van der Waals surface area contributed by atoms with E-state index >= 15 is 0 Å². The molecule has 3 rings (SSSR count). The zero-order chi connectivity index (χ0) is 20.4. The van der Waals surface area contributed by atoms with E-state index in [0.29, 0.717) is 32.8 Å². The first-order valence-electron chi connectivity index (χ1n) is 9.41. The maximum absolute atomic E-state index is 13.2. The molecule has 3 heterocycles. The van der Waals surface area contributed by atoms with Crippen LogP contribution in [-0.2, 0) is 4.79 Å². The number of aryl methyl sites for hydroxylation is 1. The van der Waals surface area contributed by atoms with E-state index < -0.39 is 0 Å². The van der Waals surface area contributed by atoms with Crippen molar-refractivity contribution >= 4 is 51.7 Å². The van der Waals surface area contributed by atoms with Crippen molar-refractivity contribution in [3.8, 4) is 0 Å². The van der Waals surface area contributed by atoms with Crippen LogP contribution in [0.4, 0.5) is 5.82 Å². The Morgan fingerprint density at radius 1 is 1.32 bits per heavy atom. The van der Waals surface area contributed by atoms with Gasteiger partial charge in [-0.3, -0.25) is 18.9 Å². The third kappa shape index (κ3) is 3.84. The molecule has 28 heavy (non-hydrogen) atoms. The van der Waals surface area contributed by atoms with Gasteiger partial charge in [-0.25, -0.2) is 4.98 Å². The lowest BCUT2D eigenvalue weighted by atomic mass is 10.2. The lowest BCUT2D eigenvalue weighted by Gasteiger charge is -2.21. The standard InChI is InChI=1S/C20H24N4O2S2/c1-5-9-21-17-14(18(25)23-11-12(3)7-8-16(23)22-17)10-15-19(26)24(13(4)6-2)20(27)28-15/h7-8,10-11,13,21H,5-6,9H2,1-4H3/b15-10-/t13-/m1/s1. The number of hydrogen-bond donors (Lipinski definition) is 1. The second-order valence-corrected chi connectivity index (χ2v) is 8.53. The summed E-state index contributed by atoms with van der Waals surface area (Å²) in [6.07, 6.45) is 5.09. The Labute approximate surface area is 174 Å². The second kappa shape index (κ2) is 8.45. The van der Waals surface area contributed by atoms with Gasteiger partial charge in [0.15, 0.2) is 0 Å². The number of thiocarbonyl (C=S) groups is 1. The molecule has 1 aliphatic heterocycles. The zero-order valence-corrected chi connectivity index (χ0v) is 18.1. The fourth-order valence-electron chi connectivity index (χ4n) is 2.94. The van der Waals surface area contributed by atoms with Gasteiger partial charge in [-0.1, -0.05) is 43.9 Å². The SMILES string of the molecule is CCCNc1nc2ccc(C)cn2c(=O)c1/C=C1\SC(=S)N([C@H](C)CC)C1=O. The number of aromatic nitrogens is 2. The Balaban J connectivity index is 2.14.